The van der Waals surface area contributed by atoms with Crippen molar-refractivity contribution in [1.29, 1.82) is 0 Å². The fraction of sp³-hybridized carbons (Fsp3) is 0.238. The van der Waals surface area contributed by atoms with E-state index < -0.39 is 11.6 Å². The van der Waals surface area contributed by atoms with Crippen LogP contribution in [0.15, 0.2) is 71.9 Å². The molecule has 7 nitrogen and oxygen atoms in total. The molecule has 152 valence electrons. The summed E-state index contributed by atoms with van der Waals surface area (Å²) >= 11 is 0. The van der Waals surface area contributed by atoms with Gasteiger partial charge >= 0.3 is 0 Å². The van der Waals surface area contributed by atoms with Crippen molar-refractivity contribution in [2.75, 3.05) is 31.3 Å². The molecule has 0 aliphatic carbocycles. The molecule has 0 spiro atoms. The quantitative estimate of drug-likeness (QED) is 0.785. The van der Waals surface area contributed by atoms with Crippen molar-refractivity contribution >= 4 is 30.3 Å². The van der Waals surface area contributed by atoms with E-state index in [9.17, 15) is 4.79 Å². The van der Waals surface area contributed by atoms with E-state index in [-0.39, 0.29) is 12.4 Å². The highest BCUT2D eigenvalue weighted by molar-refractivity contribution is 5.95. The van der Waals surface area contributed by atoms with Gasteiger partial charge in [-0.15, -0.1) is 12.4 Å². The van der Waals surface area contributed by atoms with Crippen LogP contribution in [-0.2, 0) is 10.4 Å². The third-order valence-corrected chi connectivity index (χ3v) is 4.97. The summed E-state index contributed by atoms with van der Waals surface area (Å²) in [6, 6.07) is 17.5. The Kier molecular flexibility index (Phi) is 6.53. The number of hydrogen-bond donors (Lipinski definition) is 2. The van der Waals surface area contributed by atoms with Crippen LogP contribution >= 0.6 is 12.4 Å². The number of nitrogens with zero attached hydrogens (tertiary/aromatic N) is 3. The highest BCUT2D eigenvalue weighted by Crippen LogP contribution is 2.36. The molecule has 1 unspecified atom stereocenters. The van der Waals surface area contributed by atoms with Gasteiger partial charge in [-0.05, 0) is 24.3 Å². The molecule has 29 heavy (non-hydrogen) atoms. The Morgan fingerprint density at radius 2 is 1.79 bits per heavy atom. The molecular weight excluding hydrogens is 390 g/mol. The van der Waals surface area contributed by atoms with Crippen LogP contribution in [0, 0.1) is 0 Å². The van der Waals surface area contributed by atoms with Gasteiger partial charge in [-0.1, -0.05) is 36.4 Å². The van der Waals surface area contributed by atoms with Gasteiger partial charge in [0, 0.05) is 30.4 Å². The standard InChI is InChI=1S/C21H23N5O2.ClH/c22-20(27)18-8-4-5-9-19(18)21(10-11-23-16-24-21)26(17-6-2-1-3-7-17)25-12-14-28-15-13-25;/h1-11,16H,12-15H2,(H2,22,27)(H,23,24);1H. The molecule has 1 saturated heterocycles. The van der Waals surface area contributed by atoms with Crippen molar-refractivity contribution in [2.45, 2.75) is 5.66 Å². The Balaban J connectivity index is 0.00000240. The van der Waals surface area contributed by atoms with Crippen molar-refractivity contribution < 1.29 is 9.53 Å². The maximum atomic E-state index is 12.2. The number of ether oxygens (including phenoxy) is 1. The first-order chi connectivity index (χ1) is 13.7. The molecule has 0 radical (unpaired) electrons. The molecule has 0 aromatic heterocycles. The number of carbonyl (C=O) groups is 1. The third-order valence-electron chi connectivity index (χ3n) is 4.97. The van der Waals surface area contributed by atoms with Gasteiger partial charge in [0.15, 0.2) is 5.66 Å². The molecule has 2 heterocycles. The number of hydrogen-bond acceptors (Lipinski definition) is 6. The molecule has 2 aromatic carbocycles. The number of anilines is 1. The van der Waals surface area contributed by atoms with Gasteiger partial charge in [0.1, 0.15) is 0 Å². The summed E-state index contributed by atoms with van der Waals surface area (Å²) in [5.74, 6) is -0.470. The van der Waals surface area contributed by atoms with Crippen molar-refractivity contribution in [3.05, 3.63) is 78.0 Å². The van der Waals surface area contributed by atoms with Crippen molar-refractivity contribution in [2.24, 2.45) is 10.7 Å². The minimum atomic E-state index is -0.855. The fourth-order valence-electron chi connectivity index (χ4n) is 3.73. The second kappa shape index (κ2) is 9.09. The van der Waals surface area contributed by atoms with Crippen molar-refractivity contribution in [3.8, 4) is 0 Å². The normalized spacial score (nSPS) is 21.1. The smallest absolute Gasteiger partial charge is 0.249 e. The zero-order chi connectivity index (χ0) is 19.4. The Morgan fingerprint density at radius 3 is 2.45 bits per heavy atom. The molecule has 3 N–H and O–H groups in total. The zero-order valence-electron chi connectivity index (χ0n) is 15.9. The van der Waals surface area contributed by atoms with Gasteiger partial charge in [-0.3, -0.25) is 9.80 Å². The van der Waals surface area contributed by atoms with Crippen LogP contribution in [0.5, 0.6) is 0 Å². The Hall–Kier alpha value is -2.87. The van der Waals surface area contributed by atoms with Crippen molar-refractivity contribution in [3.63, 3.8) is 0 Å². The number of benzene rings is 2. The van der Waals surface area contributed by atoms with Crippen LogP contribution in [0.25, 0.3) is 0 Å². The number of hydrazine groups is 1. The lowest BCUT2D eigenvalue weighted by Crippen LogP contribution is -2.64. The average molecular weight is 414 g/mol. The van der Waals surface area contributed by atoms with Crippen molar-refractivity contribution in [1.82, 2.24) is 10.3 Å². The first kappa shape index (κ1) is 20.9. The van der Waals surface area contributed by atoms with E-state index in [1.54, 1.807) is 18.6 Å². The molecule has 1 fully saturated rings. The monoisotopic (exact) mass is 413 g/mol. The SMILES string of the molecule is Cl.NC(=O)c1ccccc1C1(N(c2ccccc2)N2CCOCC2)C=CN=CN1. The summed E-state index contributed by atoms with van der Waals surface area (Å²) in [5, 5.41) is 7.79. The maximum absolute atomic E-state index is 12.2. The first-order valence-corrected chi connectivity index (χ1v) is 9.26. The first-order valence-electron chi connectivity index (χ1n) is 9.26. The molecule has 1 atom stereocenters. The van der Waals surface area contributed by atoms with E-state index in [1.165, 1.54) is 0 Å². The van der Waals surface area contributed by atoms with Crippen LogP contribution in [0.2, 0.25) is 0 Å². The number of amides is 1. The maximum Gasteiger partial charge on any atom is 0.249 e. The number of halogens is 1. The molecule has 2 aromatic rings. The molecule has 4 rings (SSSR count). The number of morpholine rings is 1. The average Bonchev–Trinajstić information content (AvgIpc) is 2.76. The summed E-state index contributed by atoms with van der Waals surface area (Å²) in [6.07, 6.45) is 5.34. The second-order valence-electron chi connectivity index (χ2n) is 6.63. The molecular formula is C21H24ClN5O2. The van der Waals surface area contributed by atoms with Crippen LogP contribution < -0.4 is 16.1 Å². The minimum absolute atomic E-state index is 0. The van der Waals surface area contributed by atoms with Gasteiger partial charge in [-0.2, -0.15) is 0 Å². The van der Waals surface area contributed by atoms with Crippen LogP contribution in [0.1, 0.15) is 15.9 Å². The lowest BCUT2D eigenvalue weighted by Gasteiger charge is -2.51. The number of nitrogens with two attached hydrogens (primary N) is 1. The van der Waals surface area contributed by atoms with Gasteiger partial charge in [-0.25, -0.2) is 10.0 Å². The minimum Gasteiger partial charge on any atom is -0.379 e. The lowest BCUT2D eigenvalue weighted by atomic mass is 9.91. The molecule has 0 saturated carbocycles. The van der Waals surface area contributed by atoms with E-state index in [0.717, 1.165) is 24.3 Å². The number of carbonyl (C=O) groups excluding carboxylic acids is 1. The van der Waals surface area contributed by atoms with E-state index in [0.29, 0.717) is 18.8 Å². The highest BCUT2D eigenvalue weighted by Gasteiger charge is 2.43. The second-order valence-corrected chi connectivity index (χ2v) is 6.63. The Morgan fingerprint density at radius 1 is 1.10 bits per heavy atom. The molecule has 8 heteroatoms. The van der Waals surface area contributed by atoms with Crippen LogP contribution in [0.3, 0.4) is 0 Å². The van der Waals surface area contributed by atoms with Gasteiger partial charge < -0.3 is 15.8 Å². The summed E-state index contributed by atoms with van der Waals surface area (Å²) in [5.41, 5.74) is 7.07. The molecule has 2 aliphatic rings. The lowest BCUT2D eigenvalue weighted by molar-refractivity contribution is 0.0188. The van der Waals surface area contributed by atoms with Gasteiger partial charge in [0.2, 0.25) is 5.91 Å². The summed E-state index contributed by atoms with van der Waals surface area (Å²) in [7, 11) is 0. The number of para-hydroxylation sites is 1. The Bertz CT molecular complexity index is 899. The number of rotatable bonds is 5. The van der Waals surface area contributed by atoms with Gasteiger partial charge in [0.25, 0.3) is 0 Å². The predicted octanol–water partition coefficient (Wildman–Crippen LogP) is 2.26. The van der Waals surface area contributed by atoms with Crippen LogP contribution in [-0.4, -0.2) is 43.6 Å². The van der Waals surface area contributed by atoms with Gasteiger partial charge in [0.05, 0.1) is 25.2 Å². The third kappa shape index (κ3) is 3.98. The number of primary amides is 1. The topological polar surface area (TPSA) is 83.2 Å². The molecule has 0 bridgehead atoms. The fourth-order valence-corrected chi connectivity index (χ4v) is 3.73. The van der Waals surface area contributed by atoms with E-state index in [4.69, 9.17) is 10.5 Å². The van der Waals surface area contributed by atoms with Crippen LogP contribution in [0.4, 0.5) is 5.69 Å². The summed E-state index contributed by atoms with van der Waals surface area (Å²) < 4.78 is 5.57. The summed E-state index contributed by atoms with van der Waals surface area (Å²) in [6.45, 7) is 2.72. The largest absolute Gasteiger partial charge is 0.379 e. The highest BCUT2D eigenvalue weighted by atomic mass is 35.5. The number of nitrogens with one attached hydrogen (secondary N) is 1. The molecule has 2 aliphatic heterocycles. The molecule has 1 amide bonds. The van der Waals surface area contributed by atoms with E-state index >= 15 is 0 Å². The van der Waals surface area contributed by atoms with E-state index in [2.05, 4.69) is 20.3 Å². The zero-order valence-corrected chi connectivity index (χ0v) is 16.7. The van der Waals surface area contributed by atoms with E-state index in [1.807, 2.05) is 54.6 Å². The predicted molar refractivity (Wildman–Crippen MR) is 116 cm³/mol. The Labute approximate surface area is 176 Å². The summed E-state index contributed by atoms with van der Waals surface area (Å²) in [4.78, 5) is 16.4. The number of aliphatic imine (C=N–C) groups is 1.